The summed E-state index contributed by atoms with van der Waals surface area (Å²) in [5, 5.41) is 2.82. The number of methoxy groups -OCH3 is 1. The first-order valence-corrected chi connectivity index (χ1v) is 5.61. The van der Waals surface area contributed by atoms with Crippen LogP contribution in [0.5, 0.6) is 0 Å². The average Bonchev–Trinajstić information content (AvgIpc) is 2.22. The van der Waals surface area contributed by atoms with Gasteiger partial charge in [-0.1, -0.05) is 0 Å². The molecule has 0 aliphatic carbocycles. The molecule has 0 atom stereocenters. The van der Waals surface area contributed by atoms with Crippen molar-refractivity contribution in [1.82, 2.24) is 5.32 Å². The Morgan fingerprint density at radius 3 is 2.62 bits per heavy atom. The lowest BCUT2D eigenvalue weighted by Gasteiger charge is -2.21. The maximum Gasteiger partial charge on any atom is 0.222 e. The number of amides is 1. The van der Waals surface area contributed by atoms with E-state index in [1.165, 1.54) is 0 Å². The Morgan fingerprint density at radius 1 is 1.38 bits per heavy atom. The minimum Gasteiger partial charge on any atom is -0.380 e. The second-order valence-electron chi connectivity index (χ2n) is 4.25. The van der Waals surface area contributed by atoms with E-state index in [0.29, 0.717) is 32.7 Å². The predicted octanol–water partition coefficient (Wildman–Crippen LogP) is 0.283. The summed E-state index contributed by atoms with van der Waals surface area (Å²) < 4.78 is 10.4. The first-order chi connectivity index (χ1) is 7.52. The van der Waals surface area contributed by atoms with Gasteiger partial charge in [0.05, 0.1) is 18.6 Å². The van der Waals surface area contributed by atoms with Crippen molar-refractivity contribution >= 4 is 5.91 Å². The third kappa shape index (κ3) is 8.64. The zero-order valence-corrected chi connectivity index (χ0v) is 10.5. The summed E-state index contributed by atoms with van der Waals surface area (Å²) in [5.74, 6) is 0.00525. The Morgan fingerprint density at radius 2 is 2.06 bits per heavy atom. The fourth-order valence-electron chi connectivity index (χ4n) is 1.11. The molecule has 0 radical (unpaired) electrons. The summed E-state index contributed by atoms with van der Waals surface area (Å²) in [6.45, 7) is 6.14. The largest absolute Gasteiger partial charge is 0.380 e. The Hall–Kier alpha value is -0.650. The minimum atomic E-state index is -0.403. The number of hydrogen-bond acceptors (Lipinski definition) is 4. The summed E-state index contributed by atoms with van der Waals surface area (Å²) >= 11 is 0. The highest BCUT2D eigenvalue weighted by molar-refractivity contribution is 5.76. The maximum atomic E-state index is 11.5. The molecular weight excluding hydrogens is 208 g/mol. The van der Waals surface area contributed by atoms with E-state index in [9.17, 15) is 4.79 Å². The minimum absolute atomic E-state index is 0.00525. The Bertz CT molecular complexity index is 196. The number of rotatable bonds is 9. The molecule has 0 rings (SSSR count). The first kappa shape index (κ1) is 15.3. The number of carbonyl (C=O) groups excluding carboxylic acids is 1. The fourth-order valence-corrected chi connectivity index (χ4v) is 1.11. The van der Waals surface area contributed by atoms with Gasteiger partial charge in [-0.15, -0.1) is 0 Å². The van der Waals surface area contributed by atoms with E-state index in [1.807, 2.05) is 13.8 Å². The summed E-state index contributed by atoms with van der Waals surface area (Å²) in [5.41, 5.74) is 4.86. The van der Waals surface area contributed by atoms with Crippen molar-refractivity contribution in [2.45, 2.75) is 32.3 Å². The van der Waals surface area contributed by atoms with Crippen molar-refractivity contribution in [3.63, 3.8) is 0 Å². The first-order valence-electron chi connectivity index (χ1n) is 5.61. The Labute approximate surface area is 97.7 Å². The number of hydrogen-bond donors (Lipinski definition) is 2. The second kappa shape index (κ2) is 8.50. The topological polar surface area (TPSA) is 73.6 Å². The number of carbonyl (C=O) groups is 1. The lowest BCUT2D eigenvalue weighted by atomic mass is 10.1. The molecule has 5 nitrogen and oxygen atoms in total. The standard InChI is InChI=1S/C11H24N2O3/c1-11(2,15-3)9-10(14)13-6-4-7-16-8-5-12/h4-9,12H2,1-3H3,(H,13,14). The third-order valence-electron chi connectivity index (χ3n) is 2.19. The van der Waals surface area contributed by atoms with E-state index in [2.05, 4.69) is 5.32 Å². The van der Waals surface area contributed by atoms with E-state index in [1.54, 1.807) is 7.11 Å². The van der Waals surface area contributed by atoms with Gasteiger partial charge in [-0.3, -0.25) is 4.79 Å². The number of nitrogens with two attached hydrogens (primary N) is 1. The van der Waals surface area contributed by atoms with Gasteiger partial charge in [-0.25, -0.2) is 0 Å². The van der Waals surface area contributed by atoms with Gasteiger partial charge >= 0.3 is 0 Å². The van der Waals surface area contributed by atoms with Crippen LogP contribution in [-0.2, 0) is 14.3 Å². The van der Waals surface area contributed by atoms with E-state index in [0.717, 1.165) is 6.42 Å². The molecule has 0 aromatic heterocycles. The molecule has 0 bridgehead atoms. The van der Waals surface area contributed by atoms with Gasteiger partial charge in [0.2, 0.25) is 5.91 Å². The molecule has 1 amide bonds. The summed E-state index contributed by atoms with van der Waals surface area (Å²) in [7, 11) is 1.61. The van der Waals surface area contributed by atoms with Crippen molar-refractivity contribution in [1.29, 1.82) is 0 Å². The van der Waals surface area contributed by atoms with Crippen LogP contribution in [-0.4, -0.2) is 44.9 Å². The van der Waals surface area contributed by atoms with Crippen LogP contribution in [0, 0.1) is 0 Å². The van der Waals surface area contributed by atoms with Crippen LogP contribution >= 0.6 is 0 Å². The summed E-state index contributed by atoms with van der Waals surface area (Å²) in [6.07, 6.45) is 1.17. The Kier molecular flexibility index (Phi) is 8.15. The van der Waals surface area contributed by atoms with Gasteiger partial charge in [0.15, 0.2) is 0 Å². The van der Waals surface area contributed by atoms with Gasteiger partial charge in [-0.05, 0) is 20.3 Å². The van der Waals surface area contributed by atoms with Crippen LogP contribution < -0.4 is 11.1 Å². The molecular formula is C11H24N2O3. The van der Waals surface area contributed by atoms with Crippen LogP contribution in [0.2, 0.25) is 0 Å². The Balaban J connectivity index is 3.44. The summed E-state index contributed by atoms with van der Waals surface area (Å²) in [4.78, 5) is 11.5. The molecule has 0 aromatic rings. The molecule has 16 heavy (non-hydrogen) atoms. The van der Waals surface area contributed by atoms with Crippen LogP contribution in [0.3, 0.4) is 0 Å². The molecule has 0 heterocycles. The molecule has 3 N–H and O–H groups in total. The molecule has 0 fully saturated rings. The van der Waals surface area contributed by atoms with Crippen molar-refractivity contribution < 1.29 is 14.3 Å². The number of nitrogens with one attached hydrogen (secondary N) is 1. The highest BCUT2D eigenvalue weighted by Gasteiger charge is 2.20. The molecule has 0 aliphatic heterocycles. The van der Waals surface area contributed by atoms with E-state index in [4.69, 9.17) is 15.2 Å². The quantitative estimate of drug-likeness (QED) is 0.560. The predicted molar refractivity (Wildman–Crippen MR) is 63.2 cm³/mol. The van der Waals surface area contributed by atoms with Gasteiger partial charge < -0.3 is 20.5 Å². The third-order valence-corrected chi connectivity index (χ3v) is 2.19. The zero-order chi connectivity index (χ0) is 12.4. The highest BCUT2D eigenvalue weighted by atomic mass is 16.5. The maximum absolute atomic E-state index is 11.5. The molecule has 5 heteroatoms. The molecule has 0 aromatic carbocycles. The van der Waals surface area contributed by atoms with E-state index in [-0.39, 0.29) is 5.91 Å². The number of ether oxygens (including phenoxy) is 2. The SMILES string of the molecule is COC(C)(C)CC(=O)NCCCOCCN. The normalized spacial score (nSPS) is 11.5. The monoisotopic (exact) mass is 232 g/mol. The highest BCUT2D eigenvalue weighted by Crippen LogP contribution is 2.11. The zero-order valence-electron chi connectivity index (χ0n) is 10.5. The second-order valence-corrected chi connectivity index (χ2v) is 4.25. The lowest BCUT2D eigenvalue weighted by Crippen LogP contribution is -2.34. The molecule has 96 valence electrons. The van der Waals surface area contributed by atoms with E-state index < -0.39 is 5.60 Å². The van der Waals surface area contributed by atoms with Gasteiger partial charge in [0.25, 0.3) is 0 Å². The van der Waals surface area contributed by atoms with Crippen LogP contribution in [0.4, 0.5) is 0 Å². The van der Waals surface area contributed by atoms with Crippen LogP contribution in [0.1, 0.15) is 26.7 Å². The average molecular weight is 232 g/mol. The van der Waals surface area contributed by atoms with Crippen LogP contribution in [0.25, 0.3) is 0 Å². The lowest BCUT2D eigenvalue weighted by molar-refractivity contribution is -0.126. The molecule has 0 unspecified atom stereocenters. The summed E-state index contributed by atoms with van der Waals surface area (Å²) in [6, 6.07) is 0. The molecule has 0 saturated heterocycles. The van der Waals surface area contributed by atoms with Crippen LogP contribution in [0.15, 0.2) is 0 Å². The molecule has 0 spiro atoms. The van der Waals surface area contributed by atoms with Gasteiger partial charge in [-0.2, -0.15) is 0 Å². The van der Waals surface area contributed by atoms with Crippen molar-refractivity contribution in [2.24, 2.45) is 5.73 Å². The van der Waals surface area contributed by atoms with Gasteiger partial charge in [0.1, 0.15) is 0 Å². The molecule has 0 saturated carbocycles. The van der Waals surface area contributed by atoms with Crippen molar-refractivity contribution in [3.8, 4) is 0 Å². The van der Waals surface area contributed by atoms with Gasteiger partial charge in [0, 0.05) is 26.8 Å². The van der Waals surface area contributed by atoms with E-state index >= 15 is 0 Å². The fraction of sp³-hybridized carbons (Fsp3) is 0.909. The smallest absolute Gasteiger partial charge is 0.222 e. The van der Waals surface area contributed by atoms with Crippen molar-refractivity contribution in [3.05, 3.63) is 0 Å². The molecule has 0 aliphatic rings. The van der Waals surface area contributed by atoms with Crippen molar-refractivity contribution in [2.75, 3.05) is 33.4 Å².